The number of nitrogens with two attached hydrogens (primary N) is 1. The number of aliphatic imine (C=N–C) groups is 1. The van der Waals surface area contributed by atoms with Crippen LogP contribution in [0.5, 0.6) is 5.75 Å². The first kappa shape index (κ1) is 70.2. The molecule has 85 heavy (non-hydrogen) atoms. The summed E-state index contributed by atoms with van der Waals surface area (Å²) < 4.78 is 146. The number of rotatable bonds is 43. The van der Waals surface area contributed by atoms with Gasteiger partial charge in [-0.15, -0.1) is 0 Å². The Morgan fingerprint density at radius 1 is 0.659 bits per heavy atom. The van der Waals surface area contributed by atoms with Crippen molar-refractivity contribution in [3.05, 3.63) is 82.4 Å². The molecule has 2 heterocycles. The van der Waals surface area contributed by atoms with Crippen LogP contribution in [0.15, 0.2) is 57.9 Å². The van der Waals surface area contributed by atoms with Crippen LogP contribution in [0.2, 0.25) is 0 Å². The maximum absolute atomic E-state index is 14.0. The average Bonchev–Trinajstić information content (AvgIpc) is 2.38. The van der Waals surface area contributed by atoms with E-state index < -0.39 is 56.4 Å². The highest BCUT2D eigenvalue weighted by Crippen LogP contribution is 2.34. The first-order chi connectivity index (χ1) is 41.0. The summed E-state index contributed by atoms with van der Waals surface area (Å²) in [5.41, 5.74) is 10.7. The third-order valence-corrected chi connectivity index (χ3v) is 13.7. The van der Waals surface area contributed by atoms with Gasteiger partial charge in [-0.1, -0.05) is 31.2 Å². The summed E-state index contributed by atoms with van der Waals surface area (Å²) in [5, 5.41) is 1.39. The summed E-state index contributed by atoms with van der Waals surface area (Å²) in [4.78, 5) is 50.7. The molecule has 2 aliphatic heterocycles. The molecule has 0 aromatic heterocycles. The van der Waals surface area contributed by atoms with Gasteiger partial charge in [0.05, 0.1) is 151 Å². The minimum Gasteiger partial charge on any atom is -0.420 e. The number of likely N-dealkylation sites (N-methyl/N-ethyl adjacent to an activating group) is 1. The molecular weight excluding hydrogens is 1150 g/mol. The molecule has 3 aromatic carbocycles. The van der Waals surface area contributed by atoms with Gasteiger partial charge in [-0.3, -0.25) is 28.7 Å². The predicted molar refractivity (Wildman–Crippen MR) is 301 cm³/mol. The number of hydrogen-bond donors (Lipinski definition) is 2. The monoisotopic (exact) mass is 1230 g/mol. The summed E-state index contributed by atoms with van der Waals surface area (Å²) in [6.45, 7) is 13.3. The van der Waals surface area contributed by atoms with E-state index in [1.54, 1.807) is 0 Å². The molecular formula is C57H79F4N5O18S. The van der Waals surface area contributed by atoms with Crippen LogP contribution in [0, 0.1) is 23.3 Å². The van der Waals surface area contributed by atoms with Gasteiger partial charge in [0.25, 0.3) is 11.8 Å². The maximum Gasteiger partial charge on any atom is 0.313 e. The molecule has 23 nitrogen and oxygen atoms in total. The Morgan fingerprint density at radius 2 is 1.13 bits per heavy atom. The minimum absolute atomic E-state index is 0.00231. The summed E-state index contributed by atoms with van der Waals surface area (Å²) in [7, 11) is -3.60. The highest BCUT2D eigenvalue weighted by atomic mass is 32.2. The quantitative estimate of drug-likeness (QED) is 0.0136. The van der Waals surface area contributed by atoms with Crippen molar-refractivity contribution in [3.63, 3.8) is 0 Å². The molecule has 3 aromatic rings. The zero-order chi connectivity index (χ0) is 61.4. The number of carbonyl (C=O) groups excluding carboxylic acids is 3. The lowest BCUT2D eigenvalue weighted by atomic mass is 10.00. The van der Waals surface area contributed by atoms with Crippen molar-refractivity contribution in [3.8, 4) is 16.9 Å². The molecule has 5 rings (SSSR count). The van der Waals surface area contributed by atoms with Gasteiger partial charge in [-0.2, -0.15) is 17.2 Å². The van der Waals surface area contributed by atoms with Gasteiger partial charge < -0.3 is 62.7 Å². The second-order valence-electron chi connectivity index (χ2n) is 19.0. The minimum atomic E-state index is -5.65. The second-order valence-corrected chi connectivity index (χ2v) is 20.4. The van der Waals surface area contributed by atoms with Gasteiger partial charge in [0.1, 0.15) is 5.84 Å². The van der Waals surface area contributed by atoms with Crippen molar-refractivity contribution in [1.82, 2.24) is 14.9 Å². The molecule has 1 saturated heterocycles. The summed E-state index contributed by atoms with van der Waals surface area (Å²) in [6, 6.07) is 13.7. The molecule has 474 valence electrons. The molecule has 0 bridgehead atoms. The SMILES string of the molecule is CCCN(OCC)C(=O)C1=Cc2ccc(-c3ccc(C(=O)N4CCC(N(C)CCOCCOCCOCCOCCOCCOCCOCCOCCOCCOCCC(=O)Oc5c(F)c(F)c(S(=O)(=O)O)c(F)c5F)C4)cc3)cc2N=C(N)C1. The smallest absolute Gasteiger partial charge is 0.313 e. The summed E-state index contributed by atoms with van der Waals surface area (Å²) in [5.74, 6) is -12.5. The van der Waals surface area contributed by atoms with Crippen LogP contribution in [0.25, 0.3) is 17.2 Å². The fourth-order valence-corrected chi connectivity index (χ4v) is 9.06. The number of halogens is 4. The lowest BCUT2D eigenvalue weighted by molar-refractivity contribution is -0.180. The Kier molecular flexibility index (Phi) is 31.8. The first-order valence-corrected chi connectivity index (χ1v) is 29.5. The van der Waals surface area contributed by atoms with E-state index in [-0.39, 0.29) is 57.3 Å². The molecule has 1 atom stereocenters. The largest absolute Gasteiger partial charge is 0.420 e. The van der Waals surface area contributed by atoms with Gasteiger partial charge >= 0.3 is 16.1 Å². The maximum atomic E-state index is 14.0. The fourth-order valence-electron chi connectivity index (χ4n) is 8.43. The molecule has 0 saturated carbocycles. The molecule has 0 spiro atoms. The van der Waals surface area contributed by atoms with E-state index in [4.69, 9.17) is 62.5 Å². The van der Waals surface area contributed by atoms with E-state index in [1.165, 1.54) is 5.06 Å². The summed E-state index contributed by atoms with van der Waals surface area (Å²) in [6.07, 6.45) is 3.11. The molecule has 0 aliphatic carbocycles. The molecule has 3 N–H and O–H groups in total. The van der Waals surface area contributed by atoms with Crippen LogP contribution in [0.4, 0.5) is 23.2 Å². The predicted octanol–water partition coefficient (Wildman–Crippen LogP) is 5.43. The zero-order valence-electron chi connectivity index (χ0n) is 48.4. The number of fused-ring (bicyclic) bond motifs is 1. The molecule has 1 fully saturated rings. The van der Waals surface area contributed by atoms with E-state index in [0.717, 1.165) is 36.1 Å². The third-order valence-electron chi connectivity index (χ3n) is 12.8. The van der Waals surface area contributed by atoms with Crippen molar-refractivity contribution in [1.29, 1.82) is 0 Å². The van der Waals surface area contributed by atoms with Crippen molar-refractivity contribution >= 4 is 45.5 Å². The molecule has 2 amide bonds. The van der Waals surface area contributed by atoms with E-state index in [2.05, 4.69) is 21.7 Å². The van der Waals surface area contributed by atoms with Crippen LogP contribution >= 0.6 is 0 Å². The molecule has 0 radical (unpaired) electrons. The van der Waals surface area contributed by atoms with Crippen LogP contribution < -0.4 is 10.5 Å². The van der Waals surface area contributed by atoms with E-state index in [0.29, 0.717) is 148 Å². The van der Waals surface area contributed by atoms with Crippen molar-refractivity contribution < 1.29 is 102 Å². The number of benzene rings is 3. The Balaban J connectivity index is 0.756. The van der Waals surface area contributed by atoms with Gasteiger partial charge in [0.2, 0.25) is 17.4 Å². The number of carbonyl (C=O) groups is 3. The number of nitrogens with zero attached hydrogens (tertiary/aromatic N) is 4. The van der Waals surface area contributed by atoms with Gasteiger partial charge in [-0.25, -0.2) is 18.8 Å². The number of hydrogen-bond acceptors (Lipinski definition) is 20. The number of esters is 1. The molecule has 28 heteroatoms. The lowest BCUT2D eigenvalue weighted by Gasteiger charge is -2.24. The van der Waals surface area contributed by atoms with Crippen LogP contribution in [-0.2, 0) is 71.9 Å². The van der Waals surface area contributed by atoms with E-state index in [1.807, 2.05) is 67.3 Å². The van der Waals surface area contributed by atoms with E-state index >= 15 is 0 Å². The van der Waals surface area contributed by atoms with Gasteiger partial charge in [-0.05, 0) is 62.2 Å². The zero-order valence-corrected chi connectivity index (χ0v) is 49.2. The Labute approximate surface area is 493 Å². The number of ether oxygens (including phenoxy) is 11. The van der Waals surface area contributed by atoms with Crippen LogP contribution in [0.1, 0.15) is 55.5 Å². The summed E-state index contributed by atoms with van der Waals surface area (Å²) >= 11 is 0. The van der Waals surface area contributed by atoms with Crippen LogP contribution in [0.3, 0.4) is 0 Å². The Morgan fingerprint density at radius 3 is 1.60 bits per heavy atom. The van der Waals surface area contributed by atoms with Gasteiger partial charge in [0.15, 0.2) is 16.5 Å². The fraction of sp³-hybridized carbons (Fsp3) is 0.579. The second kappa shape index (κ2) is 38.6. The highest BCUT2D eigenvalue weighted by Gasteiger charge is 2.34. The number of hydroxylamine groups is 2. The number of amidine groups is 1. The van der Waals surface area contributed by atoms with Crippen molar-refractivity contribution in [2.75, 3.05) is 172 Å². The van der Waals surface area contributed by atoms with Crippen molar-refractivity contribution in [2.24, 2.45) is 10.7 Å². The standard InChI is InChI=1S/C57H79F4N5O18S/c1-4-14-66(83-5-2)57(69)45-37-44-11-10-43(38-47(44)63-48(62)39-45)41-6-8-42(9-7-41)56(68)65-15-12-46(40-65)64(3)16-18-74-20-22-76-24-26-78-28-30-80-32-34-82-36-35-81-33-31-79-29-27-77-25-23-75-21-19-73-17-13-49(67)84-54-50(58)52(60)55(85(70,71)72)53(61)51(54)59/h6-11,37-38,46H,4-5,12-36,39-40H2,1-3H3,(H2,62,63)(H,70,71,72). The van der Waals surface area contributed by atoms with Gasteiger partial charge in [0, 0.05) is 55.3 Å². The third kappa shape index (κ3) is 24.3. The lowest BCUT2D eigenvalue weighted by Crippen LogP contribution is -2.38. The average molecular weight is 1230 g/mol. The van der Waals surface area contributed by atoms with Crippen LogP contribution in [-0.4, -0.2) is 229 Å². The molecule has 1 unspecified atom stereocenters. The topological polar surface area (TPSA) is 264 Å². The highest BCUT2D eigenvalue weighted by molar-refractivity contribution is 7.85. The molecule has 2 aliphatic rings. The number of likely N-dealkylation sites (tertiary alicyclic amines) is 1. The Hall–Kier alpha value is -5.57. The van der Waals surface area contributed by atoms with E-state index in [9.17, 15) is 40.4 Å². The van der Waals surface area contributed by atoms with Crippen molar-refractivity contribution in [2.45, 2.75) is 50.5 Å². The first-order valence-electron chi connectivity index (χ1n) is 28.1. The number of amides is 2. The Bertz CT molecular complexity index is 2700. The normalized spacial score (nSPS) is 14.4.